The van der Waals surface area contributed by atoms with Gasteiger partial charge in [0.2, 0.25) is 11.8 Å². The van der Waals surface area contributed by atoms with Crippen molar-refractivity contribution in [3.8, 4) is 0 Å². The van der Waals surface area contributed by atoms with Crippen LogP contribution >= 0.6 is 11.8 Å². The van der Waals surface area contributed by atoms with Crippen LogP contribution in [0.15, 0.2) is 95.9 Å². The van der Waals surface area contributed by atoms with Gasteiger partial charge in [-0.05, 0) is 37.1 Å². The maximum absolute atomic E-state index is 13.5. The van der Waals surface area contributed by atoms with E-state index in [1.165, 1.54) is 11.8 Å². The van der Waals surface area contributed by atoms with Crippen LogP contribution in [0.5, 0.6) is 0 Å². The van der Waals surface area contributed by atoms with Gasteiger partial charge in [-0.25, -0.2) is 0 Å². The Hall–Kier alpha value is -3.05. The molecule has 0 bridgehead atoms. The molecule has 2 amide bonds. The van der Waals surface area contributed by atoms with Crippen molar-refractivity contribution in [2.24, 2.45) is 0 Å². The zero-order valence-corrected chi connectivity index (χ0v) is 19.4. The van der Waals surface area contributed by atoms with Gasteiger partial charge >= 0.3 is 0 Å². The Morgan fingerprint density at radius 1 is 0.812 bits per heavy atom. The molecule has 0 fully saturated rings. The lowest BCUT2D eigenvalue weighted by atomic mass is 10.0. The van der Waals surface area contributed by atoms with Gasteiger partial charge in [0.1, 0.15) is 6.04 Å². The Morgan fingerprint density at radius 2 is 1.34 bits per heavy atom. The molecule has 0 aromatic heterocycles. The zero-order chi connectivity index (χ0) is 22.8. The third-order valence-corrected chi connectivity index (χ3v) is 6.00. The van der Waals surface area contributed by atoms with E-state index in [0.29, 0.717) is 13.0 Å². The first-order valence-corrected chi connectivity index (χ1v) is 11.9. The summed E-state index contributed by atoms with van der Waals surface area (Å²) < 4.78 is 0. The maximum Gasteiger partial charge on any atom is 0.243 e. The number of benzene rings is 3. The van der Waals surface area contributed by atoms with Crippen LogP contribution in [0.25, 0.3) is 0 Å². The molecular weight excluding hydrogens is 416 g/mol. The molecule has 0 aliphatic heterocycles. The number of hydrogen-bond acceptors (Lipinski definition) is 3. The summed E-state index contributed by atoms with van der Waals surface area (Å²) >= 11 is 1.49. The van der Waals surface area contributed by atoms with E-state index < -0.39 is 6.04 Å². The zero-order valence-electron chi connectivity index (χ0n) is 18.6. The van der Waals surface area contributed by atoms with E-state index in [9.17, 15) is 9.59 Å². The van der Waals surface area contributed by atoms with E-state index in [1.807, 2.05) is 105 Å². The van der Waals surface area contributed by atoms with E-state index >= 15 is 0 Å². The smallest absolute Gasteiger partial charge is 0.243 e. The van der Waals surface area contributed by atoms with Gasteiger partial charge in [0, 0.05) is 23.9 Å². The fourth-order valence-corrected chi connectivity index (χ4v) is 4.27. The fourth-order valence-electron chi connectivity index (χ4n) is 3.46. The molecule has 0 aliphatic rings. The van der Waals surface area contributed by atoms with Crippen molar-refractivity contribution in [2.75, 3.05) is 5.75 Å². The quantitative estimate of drug-likeness (QED) is 0.449. The summed E-state index contributed by atoms with van der Waals surface area (Å²) in [5, 5.41) is 3.02. The molecule has 1 atom stereocenters. The lowest BCUT2D eigenvalue weighted by Gasteiger charge is -2.32. The van der Waals surface area contributed by atoms with E-state index in [0.717, 1.165) is 16.0 Å². The Kier molecular flexibility index (Phi) is 8.93. The highest BCUT2D eigenvalue weighted by atomic mass is 32.2. The second-order valence-corrected chi connectivity index (χ2v) is 9.03. The van der Waals surface area contributed by atoms with E-state index in [1.54, 1.807) is 4.90 Å². The summed E-state index contributed by atoms with van der Waals surface area (Å²) in [6, 6.07) is 29.0. The van der Waals surface area contributed by atoms with Crippen LogP contribution in [0.1, 0.15) is 25.0 Å². The topological polar surface area (TPSA) is 49.4 Å². The second kappa shape index (κ2) is 12.1. The SMILES string of the molecule is CC(C)NC(=O)C(Cc1ccccc1)N(Cc1ccccc1)C(=O)CSc1ccccc1. The summed E-state index contributed by atoms with van der Waals surface area (Å²) in [6.45, 7) is 4.26. The lowest BCUT2D eigenvalue weighted by Crippen LogP contribution is -2.52. The third-order valence-electron chi connectivity index (χ3n) is 5.00. The number of thioether (sulfide) groups is 1. The van der Waals surface area contributed by atoms with Crippen molar-refractivity contribution < 1.29 is 9.59 Å². The van der Waals surface area contributed by atoms with Crippen LogP contribution < -0.4 is 5.32 Å². The first-order chi connectivity index (χ1) is 15.5. The summed E-state index contributed by atoms with van der Waals surface area (Å²) in [5.74, 6) is 0.0947. The Bertz CT molecular complexity index is 978. The predicted octanol–water partition coefficient (Wildman–Crippen LogP) is 4.94. The highest BCUT2D eigenvalue weighted by Gasteiger charge is 2.30. The normalized spacial score (nSPS) is 11.7. The summed E-state index contributed by atoms with van der Waals surface area (Å²) in [4.78, 5) is 29.5. The third kappa shape index (κ3) is 7.27. The molecule has 5 heteroatoms. The van der Waals surface area contributed by atoms with E-state index in [-0.39, 0.29) is 23.6 Å². The summed E-state index contributed by atoms with van der Waals surface area (Å²) in [6.07, 6.45) is 0.466. The molecule has 166 valence electrons. The van der Waals surface area contributed by atoms with Crippen molar-refractivity contribution in [3.05, 3.63) is 102 Å². The number of carbonyl (C=O) groups excluding carboxylic acids is 2. The van der Waals surface area contributed by atoms with Crippen molar-refractivity contribution >= 4 is 23.6 Å². The highest BCUT2D eigenvalue weighted by molar-refractivity contribution is 8.00. The summed E-state index contributed by atoms with van der Waals surface area (Å²) in [7, 11) is 0. The Morgan fingerprint density at radius 3 is 1.91 bits per heavy atom. The molecule has 32 heavy (non-hydrogen) atoms. The van der Waals surface area contributed by atoms with E-state index in [4.69, 9.17) is 0 Å². The molecular formula is C27H30N2O2S. The lowest BCUT2D eigenvalue weighted by molar-refractivity contribution is -0.139. The molecule has 0 radical (unpaired) electrons. The Labute approximate surface area is 195 Å². The van der Waals surface area contributed by atoms with Gasteiger partial charge in [-0.3, -0.25) is 9.59 Å². The van der Waals surface area contributed by atoms with Crippen molar-refractivity contribution in [3.63, 3.8) is 0 Å². The first-order valence-electron chi connectivity index (χ1n) is 10.9. The molecule has 0 aliphatic carbocycles. The second-order valence-electron chi connectivity index (χ2n) is 7.98. The van der Waals surface area contributed by atoms with Crippen molar-refractivity contribution in [1.82, 2.24) is 10.2 Å². The molecule has 0 spiro atoms. The molecule has 3 rings (SSSR count). The number of nitrogens with one attached hydrogen (secondary N) is 1. The molecule has 0 saturated heterocycles. The summed E-state index contributed by atoms with van der Waals surface area (Å²) in [5.41, 5.74) is 2.03. The van der Waals surface area contributed by atoms with Crippen LogP contribution in [0, 0.1) is 0 Å². The standard InChI is InChI=1S/C27H30N2O2S/c1-21(2)28-27(31)25(18-22-12-6-3-7-13-22)29(19-23-14-8-4-9-15-23)26(30)20-32-24-16-10-5-11-17-24/h3-17,21,25H,18-20H2,1-2H3,(H,28,31). The van der Waals surface area contributed by atoms with Crippen LogP contribution in [-0.2, 0) is 22.6 Å². The number of rotatable bonds is 10. The van der Waals surface area contributed by atoms with Crippen molar-refractivity contribution in [1.29, 1.82) is 0 Å². The average Bonchev–Trinajstić information content (AvgIpc) is 2.81. The van der Waals surface area contributed by atoms with Gasteiger partial charge in [0.15, 0.2) is 0 Å². The molecule has 0 saturated carbocycles. The molecule has 1 N–H and O–H groups in total. The predicted molar refractivity (Wildman–Crippen MR) is 131 cm³/mol. The molecule has 0 heterocycles. The van der Waals surface area contributed by atoms with Crippen LogP contribution in [0.3, 0.4) is 0 Å². The number of amides is 2. The number of nitrogens with zero attached hydrogens (tertiary/aromatic N) is 1. The number of hydrogen-bond donors (Lipinski definition) is 1. The average molecular weight is 447 g/mol. The van der Waals surface area contributed by atoms with E-state index in [2.05, 4.69) is 5.32 Å². The van der Waals surface area contributed by atoms with Gasteiger partial charge in [0.05, 0.1) is 5.75 Å². The fraction of sp³-hybridized carbons (Fsp3) is 0.259. The van der Waals surface area contributed by atoms with Crippen LogP contribution in [-0.4, -0.2) is 34.6 Å². The monoisotopic (exact) mass is 446 g/mol. The van der Waals surface area contributed by atoms with Gasteiger partial charge in [-0.15, -0.1) is 11.8 Å². The molecule has 4 nitrogen and oxygen atoms in total. The largest absolute Gasteiger partial charge is 0.352 e. The van der Waals surface area contributed by atoms with Crippen LogP contribution in [0.2, 0.25) is 0 Å². The minimum absolute atomic E-state index is 0.00635. The molecule has 1 unspecified atom stereocenters. The first kappa shape index (κ1) is 23.6. The van der Waals surface area contributed by atoms with Crippen LogP contribution in [0.4, 0.5) is 0 Å². The Balaban J connectivity index is 1.87. The van der Waals surface area contributed by atoms with Gasteiger partial charge < -0.3 is 10.2 Å². The van der Waals surface area contributed by atoms with Gasteiger partial charge in [0.25, 0.3) is 0 Å². The minimum atomic E-state index is -0.594. The van der Waals surface area contributed by atoms with Gasteiger partial charge in [-0.2, -0.15) is 0 Å². The van der Waals surface area contributed by atoms with Crippen molar-refractivity contribution in [2.45, 2.75) is 43.8 Å². The van der Waals surface area contributed by atoms with Gasteiger partial charge in [-0.1, -0.05) is 78.9 Å². The molecule has 3 aromatic rings. The maximum atomic E-state index is 13.5. The number of carbonyl (C=O) groups is 2. The molecule has 3 aromatic carbocycles. The minimum Gasteiger partial charge on any atom is -0.352 e. The highest BCUT2D eigenvalue weighted by Crippen LogP contribution is 2.21.